The molecule has 32 heavy (non-hydrogen) atoms. The van der Waals surface area contributed by atoms with Gasteiger partial charge in [0.2, 0.25) is 0 Å². The molecule has 0 bridgehead atoms. The van der Waals surface area contributed by atoms with Crippen molar-refractivity contribution in [1.29, 1.82) is 0 Å². The Morgan fingerprint density at radius 2 is 1.56 bits per heavy atom. The van der Waals surface area contributed by atoms with Crippen LogP contribution in [0, 0.1) is 31.6 Å². The normalized spacial score (nSPS) is 19.4. The number of hydrogen-bond acceptors (Lipinski definition) is 3. The fraction of sp³-hybridized carbons (Fsp3) is 0.464. The highest BCUT2D eigenvalue weighted by molar-refractivity contribution is 7.86. The number of nitrogens with two attached hydrogens (primary N) is 1. The maximum Gasteiger partial charge on any atom is 0.110 e. The van der Waals surface area contributed by atoms with Crippen molar-refractivity contribution in [2.24, 2.45) is 16.6 Å². The minimum atomic E-state index is -0.987. The van der Waals surface area contributed by atoms with E-state index in [1.54, 1.807) is 0 Å². The number of benzene rings is 2. The molecule has 0 radical (unpaired) electrons. The van der Waals surface area contributed by atoms with E-state index in [1.165, 1.54) is 16.7 Å². The second-order valence-corrected chi connectivity index (χ2v) is 10.3. The van der Waals surface area contributed by atoms with Crippen molar-refractivity contribution >= 4 is 16.6 Å². The van der Waals surface area contributed by atoms with E-state index in [2.05, 4.69) is 81.8 Å². The highest BCUT2D eigenvalue weighted by Crippen LogP contribution is 2.32. The Labute approximate surface area is 198 Å². The van der Waals surface area contributed by atoms with Crippen LogP contribution in [0.4, 0.5) is 0 Å². The molecule has 0 aliphatic carbocycles. The predicted molar refractivity (Wildman–Crippen MR) is 143 cm³/mol. The number of hydrogen-bond donors (Lipinski definition) is 1. The van der Waals surface area contributed by atoms with Crippen molar-refractivity contribution in [3.05, 3.63) is 58.7 Å². The van der Waals surface area contributed by atoms with E-state index >= 15 is 0 Å². The second-order valence-electron chi connectivity index (χ2n) is 8.47. The van der Waals surface area contributed by atoms with Gasteiger partial charge in [0.15, 0.2) is 0 Å². The van der Waals surface area contributed by atoms with Crippen LogP contribution in [0.5, 0.6) is 0 Å². The van der Waals surface area contributed by atoms with E-state index in [1.807, 2.05) is 33.8 Å². The van der Waals surface area contributed by atoms with Gasteiger partial charge in [0, 0.05) is 16.4 Å². The maximum atomic E-state index is 12.3. The lowest BCUT2D eigenvalue weighted by atomic mass is 9.92. The molecular formula is C28H40N2OS. The van der Waals surface area contributed by atoms with Crippen LogP contribution in [0.25, 0.3) is 11.1 Å². The molecule has 1 aliphatic rings. The summed E-state index contributed by atoms with van der Waals surface area (Å²) in [5.74, 6) is 7.92. The molecule has 3 unspecified atom stereocenters. The standard InChI is InChI=1S/C22H24N2OS.C4H10.C2H6/c1-5-6-17-9-7-14(2)19(11-17)20-12-18(10-8-15(20)3)21-13-26(25)16(4)22(23)24-21;1-4(2)3;1-2/h7-12,16,21H,13H2,1-4H3,(H2,23,24);4H,1-3H3;1-2H3. The van der Waals surface area contributed by atoms with Crippen molar-refractivity contribution in [3.8, 4) is 23.0 Å². The van der Waals surface area contributed by atoms with Crippen molar-refractivity contribution in [2.75, 3.05) is 5.75 Å². The molecule has 2 N–H and O–H groups in total. The maximum absolute atomic E-state index is 12.3. The lowest BCUT2D eigenvalue weighted by molar-refractivity contribution is 0.667. The molecule has 0 spiro atoms. The Bertz CT molecular complexity index is 1010. The first-order chi connectivity index (χ1) is 15.1. The highest BCUT2D eigenvalue weighted by Gasteiger charge is 2.27. The molecule has 174 valence electrons. The van der Waals surface area contributed by atoms with Gasteiger partial charge in [0.25, 0.3) is 0 Å². The zero-order chi connectivity index (χ0) is 24.4. The molecule has 2 aromatic rings. The average Bonchev–Trinajstić information content (AvgIpc) is 2.75. The first kappa shape index (κ1) is 27.7. The van der Waals surface area contributed by atoms with Crippen LogP contribution in [0.15, 0.2) is 41.4 Å². The summed E-state index contributed by atoms with van der Waals surface area (Å²) in [5.41, 5.74) is 12.8. The van der Waals surface area contributed by atoms with Crippen LogP contribution in [-0.2, 0) is 10.8 Å². The largest absolute Gasteiger partial charge is 0.386 e. The molecule has 0 amide bonds. The van der Waals surface area contributed by atoms with Gasteiger partial charge < -0.3 is 5.73 Å². The Morgan fingerprint density at radius 1 is 1.03 bits per heavy atom. The van der Waals surface area contributed by atoms with E-state index in [4.69, 9.17) is 5.73 Å². The number of nitrogens with zero attached hydrogens (tertiary/aromatic N) is 1. The summed E-state index contributed by atoms with van der Waals surface area (Å²) < 4.78 is 12.3. The summed E-state index contributed by atoms with van der Waals surface area (Å²) in [4.78, 5) is 4.60. The van der Waals surface area contributed by atoms with Gasteiger partial charge in [-0.1, -0.05) is 58.7 Å². The summed E-state index contributed by atoms with van der Waals surface area (Å²) in [6.07, 6.45) is 0. The molecule has 2 aromatic carbocycles. The number of aliphatic imine (C=N–C) groups is 1. The molecule has 0 aromatic heterocycles. The monoisotopic (exact) mass is 452 g/mol. The predicted octanol–water partition coefficient (Wildman–Crippen LogP) is 6.58. The van der Waals surface area contributed by atoms with Gasteiger partial charge in [-0.3, -0.25) is 9.20 Å². The van der Waals surface area contributed by atoms with Crippen molar-refractivity contribution in [2.45, 2.75) is 73.6 Å². The fourth-order valence-corrected chi connectivity index (χ4v) is 4.40. The SMILES string of the molecule is CC.CC#Cc1ccc(C)c(-c2cc(C3CS(=O)C(C)C(N)=N3)ccc2C)c1.CC(C)C. The van der Waals surface area contributed by atoms with Gasteiger partial charge >= 0.3 is 0 Å². The van der Waals surface area contributed by atoms with Gasteiger partial charge in [0.1, 0.15) is 5.84 Å². The lowest BCUT2D eigenvalue weighted by Crippen LogP contribution is -2.37. The summed E-state index contributed by atoms with van der Waals surface area (Å²) in [6.45, 7) is 18.4. The second kappa shape index (κ2) is 13.2. The van der Waals surface area contributed by atoms with Crippen molar-refractivity contribution < 1.29 is 4.21 Å². The van der Waals surface area contributed by atoms with E-state index in [0.717, 1.165) is 22.6 Å². The number of aryl methyl sites for hydroxylation is 2. The number of rotatable bonds is 2. The van der Waals surface area contributed by atoms with Gasteiger partial charge in [-0.25, -0.2) is 0 Å². The fourth-order valence-electron chi connectivity index (χ4n) is 3.20. The van der Waals surface area contributed by atoms with E-state index in [0.29, 0.717) is 11.6 Å². The number of amidine groups is 1. The topological polar surface area (TPSA) is 55.5 Å². The van der Waals surface area contributed by atoms with E-state index in [-0.39, 0.29) is 11.3 Å². The first-order valence-electron chi connectivity index (χ1n) is 11.5. The third-order valence-electron chi connectivity index (χ3n) is 4.88. The summed E-state index contributed by atoms with van der Waals surface area (Å²) in [7, 11) is -0.987. The summed E-state index contributed by atoms with van der Waals surface area (Å²) >= 11 is 0. The Hall–Kier alpha value is -2.38. The highest BCUT2D eigenvalue weighted by atomic mass is 32.2. The molecule has 1 aliphatic heterocycles. The van der Waals surface area contributed by atoms with Gasteiger partial charge in [-0.15, -0.1) is 5.92 Å². The quantitative estimate of drug-likeness (QED) is 0.523. The third-order valence-corrected chi connectivity index (χ3v) is 6.56. The molecule has 0 fully saturated rings. The molecule has 0 saturated heterocycles. The van der Waals surface area contributed by atoms with Crippen LogP contribution < -0.4 is 5.73 Å². The molecule has 3 atom stereocenters. The van der Waals surface area contributed by atoms with Crippen LogP contribution in [-0.4, -0.2) is 21.0 Å². The lowest BCUT2D eigenvalue weighted by Gasteiger charge is -2.24. The van der Waals surface area contributed by atoms with Crippen LogP contribution >= 0.6 is 0 Å². The van der Waals surface area contributed by atoms with Crippen LogP contribution in [0.3, 0.4) is 0 Å². The van der Waals surface area contributed by atoms with Gasteiger partial charge in [-0.2, -0.15) is 0 Å². The minimum absolute atomic E-state index is 0.148. The third kappa shape index (κ3) is 7.64. The first-order valence-corrected chi connectivity index (χ1v) is 12.9. The van der Waals surface area contributed by atoms with E-state index in [9.17, 15) is 4.21 Å². The molecular weight excluding hydrogens is 412 g/mol. The molecule has 3 nitrogen and oxygen atoms in total. The Morgan fingerprint density at radius 3 is 2.09 bits per heavy atom. The molecule has 1 heterocycles. The average molecular weight is 453 g/mol. The van der Waals surface area contributed by atoms with Gasteiger partial charge in [-0.05, 0) is 79.6 Å². The summed E-state index contributed by atoms with van der Waals surface area (Å²) in [5, 5.41) is -0.164. The van der Waals surface area contributed by atoms with Crippen LogP contribution in [0.1, 0.15) is 76.8 Å². The van der Waals surface area contributed by atoms with Crippen LogP contribution in [0.2, 0.25) is 0 Å². The smallest absolute Gasteiger partial charge is 0.110 e. The van der Waals surface area contributed by atoms with Crippen molar-refractivity contribution in [3.63, 3.8) is 0 Å². The molecule has 3 rings (SSSR count). The van der Waals surface area contributed by atoms with E-state index < -0.39 is 10.8 Å². The molecule has 4 heteroatoms. The van der Waals surface area contributed by atoms with Gasteiger partial charge in [0.05, 0.1) is 17.0 Å². The summed E-state index contributed by atoms with van der Waals surface area (Å²) in [6, 6.07) is 12.5. The Kier molecular flexibility index (Phi) is 11.4. The zero-order valence-electron chi connectivity index (χ0n) is 21.2. The van der Waals surface area contributed by atoms with Crippen molar-refractivity contribution in [1.82, 2.24) is 0 Å². The zero-order valence-corrected chi connectivity index (χ0v) is 22.1. The Balaban J connectivity index is 0.000000769. The molecule has 0 saturated carbocycles. The minimum Gasteiger partial charge on any atom is -0.386 e.